The lowest BCUT2D eigenvalue weighted by Gasteiger charge is -2.11. The van der Waals surface area contributed by atoms with Crippen LogP contribution in [-0.2, 0) is 11.2 Å². The van der Waals surface area contributed by atoms with E-state index in [1.54, 1.807) is 6.20 Å². The van der Waals surface area contributed by atoms with E-state index in [1.807, 2.05) is 31.2 Å². The summed E-state index contributed by atoms with van der Waals surface area (Å²) >= 11 is 0. The number of aryl methyl sites for hydroxylation is 3. The van der Waals surface area contributed by atoms with Gasteiger partial charge in [0.15, 0.2) is 0 Å². The van der Waals surface area contributed by atoms with Gasteiger partial charge >= 0.3 is 0 Å². The number of nitrogens with zero attached hydrogens (tertiary/aromatic N) is 2. The van der Waals surface area contributed by atoms with Crippen molar-refractivity contribution in [3.63, 3.8) is 0 Å². The second-order valence-corrected chi connectivity index (χ2v) is 6.77. The van der Waals surface area contributed by atoms with Crippen LogP contribution in [0.15, 0.2) is 42.6 Å². The van der Waals surface area contributed by atoms with Crippen LogP contribution in [-0.4, -0.2) is 15.9 Å². The van der Waals surface area contributed by atoms with Crippen molar-refractivity contribution >= 4 is 23.2 Å². The van der Waals surface area contributed by atoms with Gasteiger partial charge in [-0.25, -0.2) is 9.97 Å². The number of rotatable bonds is 2. The van der Waals surface area contributed by atoms with Crippen LogP contribution in [0.5, 0.6) is 0 Å². The fraction of sp³-hybridized carbons (Fsp3) is 0.190. The van der Waals surface area contributed by atoms with E-state index in [4.69, 9.17) is 4.98 Å². The number of benzene rings is 2. The minimum atomic E-state index is -0.0472. The van der Waals surface area contributed by atoms with E-state index < -0.39 is 0 Å². The maximum Gasteiger partial charge on any atom is 0.228 e. The molecule has 4 rings (SSSR count). The van der Waals surface area contributed by atoms with Crippen molar-refractivity contribution in [2.24, 2.45) is 0 Å². The van der Waals surface area contributed by atoms with Gasteiger partial charge in [0.2, 0.25) is 11.9 Å². The summed E-state index contributed by atoms with van der Waals surface area (Å²) in [7, 11) is 0. The minimum Gasteiger partial charge on any atom is -0.325 e. The average molecular weight is 344 g/mol. The first-order valence-corrected chi connectivity index (χ1v) is 8.60. The Morgan fingerprint density at radius 3 is 2.69 bits per heavy atom. The Bertz CT molecular complexity index is 1030. The number of fused-ring (bicyclic) bond motifs is 3. The van der Waals surface area contributed by atoms with Gasteiger partial charge < -0.3 is 10.6 Å². The van der Waals surface area contributed by atoms with Crippen LogP contribution in [0.3, 0.4) is 0 Å². The van der Waals surface area contributed by atoms with E-state index in [1.165, 1.54) is 11.1 Å². The molecular weight excluding hydrogens is 324 g/mol. The molecule has 0 spiro atoms. The van der Waals surface area contributed by atoms with Gasteiger partial charge in [-0.2, -0.15) is 0 Å². The average Bonchev–Trinajstić information content (AvgIpc) is 2.73. The lowest BCUT2D eigenvalue weighted by Crippen LogP contribution is -2.12. The van der Waals surface area contributed by atoms with Crippen LogP contribution in [0.1, 0.15) is 22.3 Å². The van der Waals surface area contributed by atoms with Crippen molar-refractivity contribution in [2.75, 3.05) is 10.6 Å². The molecule has 0 atom stereocenters. The third-order valence-electron chi connectivity index (χ3n) is 4.68. The molecule has 0 radical (unpaired) electrons. The Kier molecular flexibility index (Phi) is 3.92. The number of hydrogen-bond acceptors (Lipinski definition) is 4. The molecule has 1 aromatic heterocycles. The monoisotopic (exact) mass is 344 g/mol. The van der Waals surface area contributed by atoms with Crippen LogP contribution in [0, 0.1) is 20.8 Å². The van der Waals surface area contributed by atoms with Crippen molar-refractivity contribution in [1.82, 2.24) is 9.97 Å². The second kappa shape index (κ2) is 6.26. The van der Waals surface area contributed by atoms with Crippen molar-refractivity contribution in [1.29, 1.82) is 0 Å². The Morgan fingerprint density at radius 2 is 1.88 bits per heavy atom. The molecule has 5 heteroatoms. The van der Waals surface area contributed by atoms with Gasteiger partial charge in [0.25, 0.3) is 0 Å². The molecule has 0 fully saturated rings. The summed E-state index contributed by atoms with van der Waals surface area (Å²) in [6, 6.07) is 12.2. The highest BCUT2D eigenvalue weighted by atomic mass is 16.1. The molecule has 5 nitrogen and oxygen atoms in total. The molecule has 1 aliphatic heterocycles. The van der Waals surface area contributed by atoms with Gasteiger partial charge in [-0.15, -0.1) is 0 Å². The third-order valence-corrected chi connectivity index (χ3v) is 4.68. The van der Waals surface area contributed by atoms with Crippen LogP contribution in [0.2, 0.25) is 0 Å². The summed E-state index contributed by atoms with van der Waals surface area (Å²) < 4.78 is 0. The largest absolute Gasteiger partial charge is 0.325 e. The second-order valence-electron chi connectivity index (χ2n) is 6.77. The number of nitrogens with one attached hydrogen (secondary N) is 2. The molecule has 0 saturated carbocycles. The van der Waals surface area contributed by atoms with E-state index in [0.29, 0.717) is 5.95 Å². The minimum absolute atomic E-state index is 0.0472. The summed E-state index contributed by atoms with van der Waals surface area (Å²) in [5.74, 6) is 0.474. The first-order valence-electron chi connectivity index (χ1n) is 8.60. The van der Waals surface area contributed by atoms with Crippen molar-refractivity contribution in [2.45, 2.75) is 27.2 Å². The molecule has 2 N–H and O–H groups in total. The molecule has 0 saturated heterocycles. The molecule has 26 heavy (non-hydrogen) atoms. The highest BCUT2D eigenvalue weighted by Gasteiger charge is 2.21. The van der Waals surface area contributed by atoms with E-state index in [2.05, 4.69) is 41.6 Å². The van der Waals surface area contributed by atoms with Crippen LogP contribution < -0.4 is 10.6 Å². The molecule has 0 unspecified atom stereocenters. The highest BCUT2D eigenvalue weighted by molar-refractivity contribution is 6.00. The van der Waals surface area contributed by atoms with E-state index in [0.717, 1.165) is 33.8 Å². The maximum absolute atomic E-state index is 12.2. The van der Waals surface area contributed by atoms with Crippen LogP contribution in [0.4, 0.5) is 17.3 Å². The lowest BCUT2D eigenvalue weighted by atomic mass is 10.0. The maximum atomic E-state index is 12.2. The predicted octanol–water partition coefficient (Wildman–Crippen LogP) is 4.31. The lowest BCUT2D eigenvalue weighted by molar-refractivity contribution is -0.115. The quantitative estimate of drug-likeness (QED) is 0.727. The fourth-order valence-corrected chi connectivity index (χ4v) is 3.11. The highest BCUT2D eigenvalue weighted by Crippen LogP contribution is 2.33. The number of hydrogen-bond donors (Lipinski definition) is 2. The molecule has 1 aliphatic rings. The molecule has 130 valence electrons. The Balaban J connectivity index is 1.77. The van der Waals surface area contributed by atoms with Gasteiger partial charge in [-0.1, -0.05) is 18.2 Å². The summed E-state index contributed by atoms with van der Waals surface area (Å²) in [5.41, 5.74) is 7.82. The van der Waals surface area contributed by atoms with Crippen molar-refractivity contribution in [3.05, 3.63) is 64.8 Å². The number of carbonyl (C=O) groups is 1. The van der Waals surface area contributed by atoms with Crippen molar-refractivity contribution < 1.29 is 4.79 Å². The van der Waals surface area contributed by atoms with Gasteiger partial charge in [0, 0.05) is 23.0 Å². The first kappa shape index (κ1) is 16.3. The summed E-state index contributed by atoms with van der Waals surface area (Å²) in [4.78, 5) is 21.3. The number of amides is 1. The molecule has 3 aromatic rings. The Labute approximate surface area is 152 Å². The fourth-order valence-electron chi connectivity index (χ4n) is 3.11. The summed E-state index contributed by atoms with van der Waals surface area (Å²) in [6.45, 7) is 6.17. The van der Waals surface area contributed by atoms with E-state index in [-0.39, 0.29) is 12.3 Å². The molecular formula is C21H20N4O. The van der Waals surface area contributed by atoms with Gasteiger partial charge in [0.1, 0.15) is 0 Å². The van der Waals surface area contributed by atoms with Crippen molar-refractivity contribution in [3.8, 4) is 11.3 Å². The molecule has 2 heterocycles. The third kappa shape index (κ3) is 3.04. The van der Waals surface area contributed by atoms with Crippen LogP contribution >= 0.6 is 0 Å². The number of carbonyl (C=O) groups excluding carboxylic acids is 1. The normalized spacial score (nSPS) is 12.7. The SMILES string of the molecule is Cc1ccc2c(c1)NC(=O)Cc1cnc(Nc3ccc(C)c(C)c3)nc1-2. The van der Waals surface area contributed by atoms with Gasteiger partial charge in [0.05, 0.1) is 17.8 Å². The number of aromatic nitrogens is 2. The molecule has 1 amide bonds. The first-order chi connectivity index (χ1) is 12.5. The topological polar surface area (TPSA) is 66.9 Å². The Hall–Kier alpha value is -3.21. The van der Waals surface area contributed by atoms with E-state index >= 15 is 0 Å². The molecule has 0 aliphatic carbocycles. The molecule has 2 aromatic carbocycles. The van der Waals surface area contributed by atoms with Gasteiger partial charge in [-0.05, 0) is 55.7 Å². The smallest absolute Gasteiger partial charge is 0.228 e. The zero-order valence-electron chi connectivity index (χ0n) is 15.1. The summed E-state index contributed by atoms with van der Waals surface area (Å²) in [6.07, 6.45) is 2.01. The van der Waals surface area contributed by atoms with Crippen LogP contribution in [0.25, 0.3) is 11.3 Å². The predicted molar refractivity (Wildman–Crippen MR) is 104 cm³/mol. The summed E-state index contributed by atoms with van der Waals surface area (Å²) in [5, 5.41) is 6.23. The zero-order valence-corrected chi connectivity index (χ0v) is 15.1. The standard InChI is InChI=1S/C21H20N4O/c1-12-4-7-17-18(8-12)24-19(26)10-15-11-22-21(25-20(15)17)23-16-6-5-13(2)14(3)9-16/h4-9,11H,10H2,1-3H3,(H,24,26)(H,22,23,25). The van der Waals surface area contributed by atoms with E-state index in [9.17, 15) is 4.79 Å². The Morgan fingerprint density at radius 1 is 1.04 bits per heavy atom. The van der Waals surface area contributed by atoms with Gasteiger partial charge in [-0.3, -0.25) is 4.79 Å². The molecule has 0 bridgehead atoms. The zero-order chi connectivity index (χ0) is 18.3. The number of anilines is 3.